The van der Waals surface area contributed by atoms with Crippen LogP contribution in [0.2, 0.25) is 0 Å². The lowest BCUT2D eigenvalue weighted by Crippen LogP contribution is -2.43. The molecule has 1 aliphatic carbocycles. The van der Waals surface area contributed by atoms with Crippen LogP contribution in [0.25, 0.3) is 11.1 Å². The summed E-state index contributed by atoms with van der Waals surface area (Å²) in [5, 5.41) is 11.9. The number of nitrogens with one attached hydrogen (secondary N) is 1. The number of carbonyl (C=O) groups is 3. The average Bonchev–Trinajstić information content (AvgIpc) is 3.11. The quantitative estimate of drug-likeness (QED) is 0.527. The highest BCUT2D eigenvalue weighted by Crippen LogP contribution is 2.44. The first kappa shape index (κ1) is 24.3. The van der Waals surface area contributed by atoms with E-state index in [2.05, 4.69) is 29.6 Å². The Morgan fingerprint density at radius 3 is 2.15 bits per heavy atom. The van der Waals surface area contributed by atoms with E-state index < -0.39 is 18.1 Å². The van der Waals surface area contributed by atoms with Crippen molar-refractivity contribution >= 4 is 18.0 Å². The molecule has 3 rings (SSSR count). The van der Waals surface area contributed by atoms with E-state index in [-0.39, 0.29) is 31.4 Å². The van der Waals surface area contributed by atoms with Gasteiger partial charge in [-0.05, 0) is 35.1 Å². The minimum Gasteiger partial charge on any atom is -0.480 e. The number of fused-ring (bicyclic) bond motifs is 3. The number of benzene rings is 2. The molecule has 33 heavy (non-hydrogen) atoms. The van der Waals surface area contributed by atoms with E-state index in [1.165, 1.54) is 4.90 Å². The van der Waals surface area contributed by atoms with E-state index in [1.54, 1.807) is 0 Å². The Morgan fingerprint density at radius 2 is 1.61 bits per heavy atom. The third-order valence-corrected chi connectivity index (χ3v) is 5.90. The molecule has 2 aromatic carbocycles. The van der Waals surface area contributed by atoms with Gasteiger partial charge in [-0.1, -0.05) is 68.8 Å². The average molecular weight is 453 g/mol. The van der Waals surface area contributed by atoms with Crippen LogP contribution in [0.4, 0.5) is 4.79 Å². The largest absolute Gasteiger partial charge is 0.480 e. The van der Waals surface area contributed by atoms with E-state index in [1.807, 2.05) is 38.1 Å². The first-order valence-electron chi connectivity index (χ1n) is 11.6. The minimum absolute atomic E-state index is 0.0370. The van der Waals surface area contributed by atoms with Gasteiger partial charge in [0.2, 0.25) is 5.91 Å². The fourth-order valence-electron chi connectivity index (χ4n) is 4.45. The molecule has 7 heteroatoms. The highest BCUT2D eigenvalue weighted by atomic mass is 16.5. The lowest BCUT2D eigenvalue weighted by Gasteiger charge is -2.24. The van der Waals surface area contributed by atoms with Crippen molar-refractivity contribution in [2.24, 2.45) is 0 Å². The second-order valence-electron chi connectivity index (χ2n) is 8.37. The van der Waals surface area contributed by atoms with Gasteiger partial charge in [-0.3, -0.25) is 9.59 Å². The smallest absolute Gasteiger partial charge is 0.407 e. The Hall–Kier alpha value is -3.35. The van der Waals surface area contributed by atoms with Crippen LogP contribution in [0.1, 0.15) is 56.6 Å². The molecular formula is C26H32N2O5. The lowest BCUT2D eigenvalue weighted by atomic mass is 9.98. The maximum atomic E-state index is 12.6. The van der Waals surface area contributed by atoms with Gasteiger partial charge in [-0.2, -0.15) is 0 Å². The van der Waals surface area contributed by atoms with Crippen molar-refractivity contribution < 1.29 is 24.2 Å². The van der Waals surface area contributed by atoms with Crippen molar-refractivity contribution in [1.29, 1.82) is 0 Å². The Balaban J connectivity index is 1.61. The SMILES string of the molecule is CCC[C@@H](CC(=O)N(CCC)CC(=O)O)NC(=O)OCC1c2ccccc2-c2ccccc21. The van der Waals surface area contributed by atoms with Crippen molar-refractivity contribution in [3.8, 4) is 11.1 Å². The molecule has 176 valence electrons. The van der Waals surface area contributed by atoms with Gasteiger partial charge in [0.25, 0.3) is 0 Å². The fraction of sp³-hybridized carbons (Fsp3) is 0.423. The van der Waals surface area contributed by atoms with Crippen LogP contribution in [-0.4, -0.2) is 53.7 Å². The first-order chi connectivity index (χ1) is 15.9. The van der Waals surface area contributed by atoms with E-state index in [0.29, 0.717) is 19.4 Å². The molecule has 0 saturated carbocycles. The zero-order valence-electron chi connectivity index (χ0n) is 19.3. The summed E-state index contributed by atoms with van der Waals surface area (Å²) in [7, 11) is 0. The number of ether oxygens (including phenoxy) is 1. The summed E-state index contributed by atoms with van der Waals surface area (Å²) in [4.78, 5) is 37.7. The van der Waals surface area contributed by atoms with Crippen LogP contribution in [0.15, 0.2) is 48.5 Å². The van der Waals surface area contributed by atoms with E-state index >= 15 is 0 Å². The van der Waals surface area contributed by atoms with Gasteiger partial charge in [0, 0.05) is 24.9 Å². The maximum absolute atomic E-state index is 12.6. The predicted molar refractivity (Wildman–Crippen MR) is 126 cm³/mol. The number of rotatable bonds is 11. The topological polar surface area (TPSA) is 95.9 Å². The summed E-state index contributed by atoms with van der Waals surface area (Å²) in [6.07, 6.45) is 1.52. The molecule has 0 bridgehead atoms. The van der Waals surface area contributed by atoms with Crippen LogP contribution in [0, 0.1) is 0 Å². The van der Waals surface area contributed by atoms with Gasteiger partial charge in [0.1, 0.15) is 13.2 Å². The molecule has 2 N–H and O–H groups in total. The zero-order chi connectivity index (χ0) is 23.8. The summed E-state index contributed by atoms with van der Waals surface area (Å²) in [5.74, 6) is -1.37. The first-order valence-corrected chi connectivity index (χ1v) is 11.6. The third-order valence-electron chi connectivity index (χ3n) is 5.90. The summed E-state index contributed by atoms with van der Waals surface area (Å²) in [6, 6.07) is 15.8. The maximum Gasteiger partial charge on any atom is 0.407 e. The van der Waals surface area contributed by atoms with Crippen LogP contribution in [-0.2, 0) is 14.3 Å². The van der Waals surface area contributed by atoms with Crippen molar-refractivity contribution in [2.75, 3.05) is 19.7 Å². The second-order valence-corrected chi connectivity index (χ2v) is 8.37. The van der Waals surface area contributed by atoms with E-state index in [9.17, 15) is 14.4 Å². The molecule has 0 radical (unpaired) electrons. The monoisotopic (exact) mass is 452 g/mol. The Kier molecular flexibility index (Phi) is 8.46. The molecule has 7 nitrogen and oxygen atoms in total. The molecular weight excluding hydrogens is 420 g/mol. The Labute approximate surface area is 194 Å². The number of carboxylic acids is 1. The van der Waals surface area contributed by atoms with Crippen LogP contribution in [0.3, 0.4) is 0 Å². The number of carboxylic acid groups (broad SMARTS) is 1. The Morgan fingerprint density at radius 1 is 1.00 bits per heavy atom. The number of nitrogens with zero attached hydrogens (tertiary/aromatic N) is 1. The molecule has 2 aromatic rings. The number of hydrogen-bond acceptors (Lipinski definition) is 4. The molecule has 2 amide bonds. The second kappa shape index (κ2) is 11.5. The van der Waals surface area contributed by atoms with Gasteiger partial charge in [0.15, 0.2) is 0 Å². The minimum atomic E-state index is -1.05. The normalized spacial score (nSPS) is 13.0. The molecule has 0 aliphatic heterocycles. The van der Waals surface area contributed by atoms with Crippen LogP contribution < -0.4 is 5.32 Å². The number of alkyl carbamates (subject to hydrolysis) is 1. The molecule has 1 atom stereocenters. The Bertz CT molecular complexity index is 945. The molecule has 0 saturated heterocycles. The van der Waals surface area contributed by atoms with E-state index in [4.69, 9.17) is 9.84 Å². The van der Waals surface area contributed by atoms with E-state index in [0.717, 1.165) is 28.7 Å². The summed E-state index contributed by atoms with van der Waals surface area (Å²) < 4.78 is 5.60. The van der Waals surface area contributed by atoms with Gasteiger partial charge < -0.3 is 20.1 Å². The summed E-state index contributed by atoms with van der Waals surface area (Å²) in [6.45, 7) is 4.09. The zero-order valence-corrected chi connectivity index (χ0v) is 19.3. The number of carbonyl (C=O) groups excluding carboxylic acids is 2. The summed E-state index contributed by atoms with van der Waals surface area (Å²) >= 11 is 0. The van der Waals surface area contributed by atoms with Crippen LogP contribution in [0.5, 0.6) is 0 Å². The van der Waals surface area contributed by atoms with Crippen LogP contribution >= 0.6 is 0 Å². The number of aliphatic carboxylic acids is 1. The molecule has 0 heterocycles. The molecule has 0 spiro atoms. The standard InChI is InChI=1S/C26H32N2O5/c1-3-9-18(15-24(29)28(14-4-2)16-25(30)31)27-26(32)33-17-23-21-12-7-5-10-19(21)20-11-6-8-13-22(20)23/h5-8,10-13,18,23H,3-4,9,14-17H2,1-2H3,(H,27,32)(H,30,31)/t18-/m0/s1. The summed E-state index contributed by atoms with van der Waals surface area (Å²) in [5.41, 5.74) is 4.59. The van der Waals surface area contributed by atoms with Crippen molar-refractivity contribution in [1.82, 2.24) is 10.2 Å². The van der Waals surface area contributed by atoms with Gasteiger partial charge >= 0.3 is 12.1 Å². The fourth-order valence-corrected chi connectivity index (χ4v) is 4.45. The lowest BCUT2D eigenvalue weighted by molar-refractivity contribution is -0.144. The van der Waals surface area contributed by atoms with Crippen molar-refractivity contribution in [2.45, 2.75) is 51.5 Å². The third kappa shape index (κ3) is 6.12. The predicted octanol–water partition coefficient (Wildman–Crippen LogP) is 4.41. The molecule has 1 aliphatic rings. The van der Waals surface area contributed by atoms with Crippen molar-refractivity contribution in [3.05, 3.63) is 59.7 Å². The number of hydrogen-bond donors (Lipinski definition) is 2. The highest BCUT2D eigenvalue weighted by molar-refractivity contribution is 5.82. The molecule has 0 unspecified atom stereocenters. The molecule has 0 aromatic heterocycles. The number of amides is 2. The van der Waals surface area contributed by atoms with Gasteiger partial charge in [-0.15, -0.1) is 0 Å². The highest BCUT2D eigenvalue weighted by Gasteiger charge is 2.29. The van der Waals surface area contributed by atoms with Gasteiger partial charge in [0.05, 0.1) is 0 Å². The van der Waals surface area contributed by atoms with Gasteiger partial charge in [-0.25, -0.2) is 4.79 Å². The molecule has 0 fully saturated rings. The van der Waals surface area contributed by atoms with Crippen molar-refractivity contribution in [3.63, 3.8) is 0 Å².